The van der Waals surface area contributed by atoms with Crippen LogP contribution in [-0.4, -0.2) is 16.5 Å². The highest BCUT2D eigenvalue weighted by Crippen LogP contribution is 2.22. The van der Waals surface area contributed by atoms with Crippen LogP contribution in [0.25, 0.3) is 11.3 Å². The molecule has 3 heteroatoms. The zero-order valence-corrected chi connectivity index (χ0v) is 11.9. The smallest absolute Gasteiger partial charge is 0.129 e. The second-order valence-electron chi connectivity index (χ2n) is 5.22. The number of benzene rings is 1. The molecule has 0 saturated heterocycles. The second kappa shape index (κ2) is 5.93. The Morgan fingerprint density at radius 2 is 2.00 bits per heavy atom. The van der Waals surface area contributed by atoms with Gasteiger partial charge in [0.05, 0.1) is 5.69 Å². The molecule has 1 heterocycles. The van der Waals surface area contributed by atoms with Gasteiger partial charge < -0.3 is 5.73 Å². The monoisotopic (exact) mass is 255 g/mol. The van der Waals surface area contributed by atoms with Crippen LogP contribution in [-0.2, 0) is 6.42 Å². The number of nitrogens with zero attached hydrogens (tertiary/aromatic N) is 2. The van der Waals surface area contributed by atoms with Crippen molar-refractivity contribution in [1.29, 1.82) is 0 Å². The van der Waals surface area contributed by atoms with Gasteiger partial charge in [-0.05, 0) is 44.0 Å². The van der Waals surface area contributed by atoms with Gasteiger partial charge in [-0.1, -0.05) is 24.6 Å². The minimum atomic E-state index is 0.411. The van der Waals surface area contributed by atoms with Crippen molar-refractivity contribution in [3.63, 3.8) is 0 Å². The molecule has 1 aromatic carbocycles. The number of aryl methyl sites for hydroxylation is 2. The van der Waals surface area contributed by atoms with Crippen molar-refractivity contribution in [3.05, 3.63) is 47.4 Å². The molecular weight excluding hydrogens is 234 g/mol. The standard InChI is InChI=1S/C16H21N3/c1-11-4-5-13(3)14(8-11)15-6-7-18-16(19-15)9-12(2)10-17/h4-8,12H,9-10,17H2,1-3H3. The molecule has 1 atom stereocenters. The second-order valence-corrected chi connectivity index (χ2v) is 5.22. The van der Waals surface area contributed by atoms with E-state index in [9.17, 15) is 0 Å². The highest BCUT2D eigenvalue weighted by molar-refractivity contribution is 5.64. The van der Waals surface area contributed by atoms with Crippen molar-refractivity contribution in [2.75, 3.05) is 6.54 Å². The van der Waals surface area contributed by atoms with Crippen LogP contribution >= 0.6 is 0 Å². The summed E-state index contributed by atoms with van der Waals surface area (Å²) in [5, 5.41) is 0. The van der Waals surface area contributed by atoms with Gasteiger partial charge in [0.25, 0.3) is 0 Å². The zero-order valence-electron chi connectivity index (χ0n) is 11.9. The Morgan fingerprint density at radius 1 is 1.21 bits per heavy atom. The summed E-state index contributed by atoms with van der Waals surface area (Å²) in [6, 6.07) is 8.40. The molecule has 0 spiro atoms. The lowest BCUT2D eigenvalue weighted by Gasteiger charge is -2.10. The topological polar surface area (TPSA) is 51.8 Å². The Kier molecular flexibility index (Phi) is 4.27. The molecule has 0 radical (unpaired) electrons. The van der Waals surface area contributed by atoms with E-state index in [0.717, 1.165) is 17.9 Å². The van der Waals surface area contributed by atoms with E-state index in [4.69, 9.17) is 5.73 Å². The zero-order chi connectivity index (χ0) is 13.8. The van der Waals surface area contributed by atoms with Crippen molar-refractivity contribution in [1.82, 2.24) is 9.97 Å². The maximum Gasteiger partial charge on any atom is 0.129 e. The third-order valence-electron chi connectivity index (χ3n) is 3.31. The molecule has 0 bridgehead atoms. The van der Waals surface area contributed by atoms with Crippen molar-refractivity contribution in [2.24, 2.45) is 11.7 Å². The Labute approximate surface area is 114 Å². The first-order chi connectivity index (χ1) is 9.10. The van der Waals surface area contributed by atoms with Crippen molar-refractivity contribution >= 4 is 0 Å². The minimum absolute atomic E-state index is 0.411. The van der Waals surface area contributed by atoms with Crippen LogP contribution in [0.3, 0.4) is 0 Å². The van der Waals surface area contributed by atoms with Crippen LogP contribution in [0.4, 0.5) is 0 Å². The van der Waals surface area contributed by atoms with Crippen LogP contribution in [0, 0.1) is 19.8 Å². The largest absolute Gasteiger partial charge is 0.330 e. The molecular formula is C16H21N3. The van der Waals surface area contributed by atoms with E-state index in [-0.39, 0.29) is 0 Å². The van der Waals surface area contributed by atoms with Crippen molar-refractivity contribution in [2.45, 2.75) is 27.2 Å². The van der Waals surface area contributed by atoms with Gasteiger partial charge in [0.15, 0.2) is 0 Å². The van der Waals surface area contributed by atoms with Gasteiger partial charge in [-0.25, -0.2) is 9.97 Å². The fourth-order valence-corrected chi connectivity index (χ4v) is 2.05. The fourth-order valence-electron chi connectivity index (χ4n) is 2.05. The molecule has 0 aliphatic carbocycles. The molecule has 2 aromatic rings. The molecule has 0 aliphatic heterocycles. The Balaban J connectivity index is 2.35. The number of rotatable bonds is 4. The lowest BCUT2D eigenvalue weighted by Crippen LogP contribution is -2.14. The molecule has 19 heavy (non-hydrogen) atoms. The highest BCUT2D eigenvalue weighted by atomic mass is 14.9. The van der Waals surface area contributed by atoms with E-state index in [2.05, 4.69) is 48.9 Å². The van der Waals surface area contributed by atoms with E-state index in [1.807, 2.05) is 12.3 Å². The normalized spacial score (nSPS) is 12.4. The summed E-state index contributed by atoms with van der Waals surface area (Å²) in [5.74, 6) is 1.28. The maximum absolute atomic E-state index is 5.66. The van der Waals surface area contributed by atoms with Gasteiger partial charge in [-0.15, -0.1) is 0 Å². The fraction of sp³-hybridized carbons (Fsp3) is 0.375. The number of hydrogen-bond donors (Lipinski definition) is 1. The van der Waals surface area contributed by atoms with Crippen LogP contribution in [0.2, 0.25) is 0 Å². The highest BCUT2D eigenvalue weighted by Gasteiger charge is 2.08. The Bertz CT molecular complexity index is 564. The van der Waals surface area contributed by atoms with Crippen molar-refractivity contribution < 1.29 is 0 Å². The Morgan fingerprint density at radius 3 is 2.74 bits per heavy atom. The quantitative estimate of drug-likeness (QED) is 0.914. The van der Waals surface area contributed by atoms with Crippen LogP contribution in [0.15, 0.2) is 30.5 Å². The molecule has 2 N–H and O–H groups in total. The maximum atomic E-state index is 5.66. The number of hydrogen-bond acceptors (Lipinski definition) is 3. The summed E-state index contributed by atoms with van der Waals surface area (Å²) in [4.78, 5) is 9.00. The summed E-state index contributed by atoms with van der Waals surface area (Å²) >= 11 is 0. The first-order valence-corrected chi connectivity index (χ1v) is 6.69. The van der Waals surface area contributed by atoms with Crippen molar-refractivity contribution in [3.8, 4) is 11.3 Å². The molecule has 0 aliphatic rings. The van der Waals surface area contributed by atoms with Gasteiger partial charge in [-0.2, -0.15) is 0 Å². The molecule has 2 rings (SSSR count). The first kappa shape index (κ1) is 13.7. The van der Waals surface area contributed by atoms with Gasteiger partial charge in [0, 0.05) is 18.2 Å². The van der Waals surface area contributed by atoms with Gasteiger partial charge >= 0.3 is 0 Å². The average Bonchev–Trinajstić information content (AvgIpc) is 2.41. The number of nitrogens with two attached hydrogens (primary N) is 1. The predicted octanol–water partition coefficient (Wildman–Crippen LogP) is 2.90. The lowest BCUT2D eigenvalue weighted by molar-refractivity contribution is 0.574. The van der Waals surface area contributed by atoms with Gasteiger partial charge in [-0.3, -0.25) is 0 Å². The SMILES string of the molecule is Cc1ccc(C)c(-c2ccnc(CC(C)CN)n2)c1. The summed E-state index contributed by atoms with van der Waals surface area (Å²) in [7, 11) is 0. The van der Waals surface area contributed by atoms with E-state index in [0.29, 0.717) is 12.5 Å². The molecule has 3 nitrogen and oxygen atoms in total. The minimum Gasteiger partial charge on any atom is -0.330 e. The summed E-state index contributed by atoms with van der Waals surface area (Å²) in [5.41, 5.74) is 10.3. The first-order valence-electron chi connectivity index (χ1n) is 6.69. The van der Waals surface area contributed by atoms with Gasteiger partial charge in [0.2, 0.25) is 0 Å². The Hall–Kier alpha value is -1.74. The summed E-state index contributed by atoms with van der Waals surface area (Å²) in [6.45, 7) is 6.99. The van der Waals surface area contributed by atoms with Crippen LogP contribution in [0.5, 0.6) is 0 Å². The molecule has 0 saturated carbocycles. The third kappa shape index (κ3) is 3.38. The third-order valence-corrected chi connectivity index (χ3v) is 3.31. The van der Waals surface area contributed by atoms with E-state index >= 15 is 0 Å². The molecule has 1 unspecified atom stereocenters. The molecule has 0 fully saturated rings. The predicted molar refractivity (Wildman–Crippen MR) is 78.9 cm³/mol. The van der Waals surface area contributed by atoms with E-state index < -0.39 is 0 Å². The summed E-state index contributed by atoms with van der Waals surface area (Å²) in [6.07, 6.45) is 2.66. The molecule has 100 valence electrons. The van der Waals surface area contributed by atoms with Gasteiger partial charge in [0.1, 0.15) is 5.82 Å². The van der Waals surface area contributed by atoms with Crippen LogP contribution in [0.1, 0.15) is 23.9 Å². The summed E-state index contributed by atoms with van der Waals surface area (Å²) < 4.78 is 0. The van der Waals surface area contributed by atoms with E-state index in [1.165, 1.54) is 16.7 Å². The molecule has 0 amide bonds. The van der Waals surface area contributed by atoms with E-state index in [1.54, 1.807) is 0 Å². The number of aromatic nitrogens is 2. The molecule has 1 aromatic heterocycles. The van der Waals surface area contributed by atoms with Crippen LogP contribution < -0.4 is 5.73 Å². The lowest BCUT2D eigenvalue weighted by atomic mass is 10.0. The average molecular weight is 255 g/mol.